The van der Waals surface area contributed by atoms with E-state index in [1.54, 1.807) is 41.6 Å². The lowest BCUT2D eigenvalue weighted by molar-refractivity contribution is 0.644. The van der Waals surface area contributed by atoms with Crippen LogP contribution in [0.1, 0.15) is 5.56 Å². The quantitative estimate of drug-likeness (QED) is 0.564. The van der Waals surface area contributed by atoms with Gasteiger partial charge in [0.1, 0.15) is 11.3 Å². The van der Waals surface area contributed by atoms with Gasteiger partial charge in [0.15, 0.2) is 9.99 Å². The maximum absolute atomic E-state index is 12.9. The molecule has 0 amide bonds. The number of pyridine rings is 1. The lowest BCUT2D eigenvalue weighted by Crippen LogP contribution is -2.24. The number of aromatic nitrogens is 5. The van der Waals surface area contributed by atoms with Gasteiger partial charge in [-0.25, -0.2) is 14.6 Å². The van der Waals surface area contributed by atoms with Gasteiger partial charge in [0.2, 0.25) is 0 Å². The molecule has 4 aromatic rings. The van der Waals surface area contributed by atoms with Crippen LogP contribution in [0.2, 0.25) is 0 Å². The number of nitrogen functional groups attached to an aromatic ring is 1. The summed E-state index contributed by atoms with van der Waals surface area (Å²) in [5.74, 6) is 0.426. The lowest BCUT2D eigenvalue weighted by Gasteiger charge is -2.06. The van der Waals surface area contributed by atoms with E-state index in [9.17, 15) is 4.79 Å². The van der Waals surface area contributed by atoms with E-state index in [1.165, 1.54) is 4.68 Å². The van der Waals surface area contributed by atoms with Gasteiger partial charge in [-0.05, 0) is 24.0 Å². The van der Waals surface area contributed by atoms with Crippen molar-refractivity contribution in [3.05, 3.63) is 40.4 Å². The van der Waals surface area contributed by atoms with Crippen LogP contribution >= 0.6 is 23.1 Å². The summed E-state index contributed by atoms with van der Waals surface area (Å²) in [6, 6.07) is 3.57. The third-order valence-corrected chi connectivity index (χ3v) is 5.92. The molecule has 122 valence electrons. The Hall–Kier alpha value is -2.39. The topological polar surface area (TPSA) is 91.6 Å². The highest BCUT2D eigenvalue weighted by Crippen LogP contribution is 2.34. The average Bonchev–Trinajstić information content (AvgIpc) is 3.10. The second-order valence-corrected chi connectivity index (χ2v) is 7.41. The lowest BCUT2D eigenvalue weighted by atomic mass is 10.2. The summed E-state index contributed by atoms with van der Waals surface area (Å²) in [4.78, 5) is 21.4. The number of anilines is 1. The van der Waals surface area contributed by atoms with Crippen LogP contribution in [0.3, 0.4) is 0 Å². The molecule has 0 saturated carbocycles. The molecule has 4 aromatic heterocycles. The van der Waals surface area contributed by atoms with Crippen LogP contribution in [0.4, 0.5) is 5.82 Å². The van der Waals surface area contributed by atoms with Gasteiger partial charge in [0, 0.05) is 18.6 Å². The normalized spacial score (nSPS) is 11.6. The Balaban J connectivity index is 1.89. The third-order valence-electron chi connectivity index (χ3n) is 3.86. The van der Waals surface area contributed by atoms with Crippen LogP contribution < -0.4 is 11.3 Å². The Morgan fingerprint density at radius 3 is 3.00 bits per heavy atom. The molecule has 9 heteroatoms. The van der Waals surface area contributed by atoms with E-state index in [-0.39, 0.29) is 5.56 Å². The monoisotopic (exact) mass is 358 g/mol. The molecule has 0 radical (unpaired) electrons. The largest absolute Gasteiger partial charge is 0.384 e. The molecular weight excluding hydrogens is 344 g/mol. The summed E-state index contributed by atoms with van der Waals surface area (Å²) < 4.78 is 5.27. The Kier molecular flexibility index (Phi) is 3.54. The van der Waals surface area contributed by atoms with Gasteiger partial charge in [0.05, 0.1) is 17.4 Å². The van der Waals surface area contributed by atoms with Crippen molar-refractivity contribution in [1.29, 1.82) is 0 Å². The summed E-state index contributed by atoms with van der Waals surface area (Å²) in [6.07, 6.45) is 5.36. The highest BCUT2D eigenvalue weighted by molar-refractivity contribution is 8.00. The predicted molar refractivity (Wildman–Crippen MR) is 97.7 cm³/mol. The fourth-order valence-corrected chi connectivity index (χ4v) is 4.34. The molecule has 24 heavy (non-hydrogen) atoms. The first-order chi connectivity index (χ1) is 11.6. The summed E-state index contributed by atoms with van der Waals surface area (Å²) in [5, 5.41) is 5.18. The molecule has 0 bridgehead atoms. The molecule has 4 heterocycles. The predicted octanol–water partition coefficient (Wildman–Crippen LogP) is 2.09. The van der Waals surface area contributed by atoms with Crippen molar-refractivity contribution < 1.29 is 0 Å². The molecule has 0 spiro atoms. The highest BCUT2D eigenvalue weighted by Gasteiger charge is 2.18. The van der Waals surface area contributed by atoms with E-state index in [2.05, 4.69) is 15.1 Å². The van der Waals surface area contributed by atoms with Crippen molar-refractivity contribution in [1.82, 2.24) is 24.3 Å². The van der Waals surface area contributed by atoms with Crippen molar-refractivity contribution in [2.75, 3.05) is 12.0 Å². The number of hydrogen-bond donors (Lipinski definition) is 1. The van der Waals surface area contributed by atoms with Gasteiger partial charge in [-0.15, -0.1) is 11.3 Å². The number of hydrogen-bond acceptors (Lipinski definition) is 7. The maximum Gasteiger partial charge on any atom is 0.291 e. The smallest absolute Gasteiger partial charge is 0.291 e. The minimum Gasteiger partial charge on any atom is -0.384 e. The van der Waals surface area contributed by atoms with Crippen LogP contribution in [-0.2, 0) is 13.6 Å². The fraction of sp³-hybridized carbons (Fsp3) is 0.200. The molecule has 0 atom stereocenters. The average molecular weight is 358 g/mol. The number of rotatable bonds is 3. The first kappa shape index (κ1) is 15.2. The van der Waals surface area contributed by atoms with Crippen molar-refractivity contribution >= 4 is 50.2 Å². The van der Waals surface area contributed by atoms with E-state index in [4.69, 9.17) is 5.73 Å². The molecule has 7 nitrogen and oxygen atoms in total. The number of aryl methyl sites for hydroxylation is 1. The molecule has 0 aliphatic rings. The van der Waals surface area contributed by atoms with Crippen LogP contribution in [0.25, 0.3) is 21.3 Å². The molecule has 2 N–H and O–H groups in total. The van der Waals surface area contributed by atoms with Crippen LogP contribution in [0.15, 0.2) is 33.7 Å². The Bertz CT molecular complexity index is 1130. The summed E-state index contributed by atoms with van der Waals surface area (Å²) in [6.45, 7) is 0.351. The van der Waals surface area contributed by atoms with Crippen LogP contribution in [0.5, 0.6) is 0 Å². The van der Waals surface area contributed by atoms with Crippen LogP contribution in [0, 0.1) is 0 Å². The molecule has 0 aromatic carbocycles. The van der Waals surface area contributed by atoms with Crippen molar-refractivity contribution in [3.8, 4) is 0 Å². The Morgan fingerprint density at radius 2 is 2.25 bits per heavy atom. The van der Waals surface area contributed by atoms with Crippen molar-refractivity contribution in [2.24, 2.45) is 7.05 Å². The zero-order valence-electron chi connectivity index (χ0n) is 13.1. The summed E-state index contributed by atoms with van der Waals surface area (Å²) >= 11 is 3.19. The molecule has 0 aliphatic heterocycles. The van der Waals surface area contributed by atoms with Gasteiger partial charge in [-0.1, -0.05) is 11.8 Å². The Morgan fingerprint density at radius 1 is 1.42 bits per heavy atom. The minimum absolute atomic E-state index is 0.138. The molecule has 4 rings (SSSR count). The van der Waals surface area contributed by atoms with Gasteiger partial charge in [-0.3, -0.25) is 4.79 Å². The van der Waals surface area contributed by atoms with E-state index in [0.717, 1.165) is 25.6 Å². The summed E-state index contributed by atoms with van der Waals surface area (Å²) in [7, 11) is 1.87. The first-order valence-corrected chi connectivity index (χ1v) is 9.22. The number of nitrogens with zero attached hydrogens (tertiary/aromatic N) is 5. The molecule has 0 saturated heterocycles. The van der Waals surface area contributed by atoms with Gasteiger partial charge in [0.25, 0.3) is 5.56 Å². The van der Waals surface area contributed by atoms with Gasteiger partial charge < -0.3 is 10.3 Å². The standard InChI is InChI=1S/C15H14N6OS2/c1-20-11-9(12-13(20)19-15(23-2)24-12)6-18-21(14(11)22)7-8-3-4-17-10(16)5-8/h3-6H,7H2,1-2H3,(H2,16,17). The minimum atomic E-state index is -0.138. The molecular formula is C15H14N6OS2. The maximum atomic E-state index is 12.9. The highest BCUT2D eigenvalue weighted by atomic mass is 32.2. The van der Waals surface area contributed by atoms with Gasteiger partial charge in [-0.2, -0.15) is 5.10 Å². The number of thiazole rings is 1. The molecule has 0 unspecified atom stereocenters. The number of nitrogens with two attached hydrogens (primary N) is 1. The van der Waals surface area contributed by atoms with E-state index < -0.39 is 0 Å². The van der Waals surface area contributed by atoms with Crippen LogP contribution in [-0.4, -0.2) is 30.6 Å². The molecule has 0 fully saturated rings. The van der Waals surface area contributed by atoms with Crippen molar-refractivity contribution in [2.45, 2.75) is 10.9 Å². The van der Waals surface area contributed by atoms with E-state index in [1.807, 2.05) is 23.9 Å². The second kappa shape index (κ2) is 5.60. The number of fused-ring (bicyclic) bond motifs is 3. The Labute approximate surface area is 145 Å². The zero-order valence-corrected chi connectivity index (χ0v) is 14.7. The third kappa shape index (κ3) is 2.28. The zero-order chi connectivity index (χ0) is 16.8. The first-order valence-electron chi connectivity index (χ1n) is 7.18. The SMILES string of the molecule is CSc1nc2c(s1)c1cnn(Cc3ccnc(N)c3)c(=O)c1n2C. The van der Waals surface area contributed by atoms with Crippen molar-refractivity contribution in [3.63, 3.8) is 0 Å². The fourth-order valence-electron chi connectivity index (χ4n) is 2.74. The van der Waals surface area contributed by atoms with E-state index in [0.29, 0.717) is 17.9 Å². The number of thioether (sulfide) groups is 1. The summed E-state index contributed by atoms with van der Waals surface area (Å²) in [5.41, 5.74) is 7.89. The van der Waals surface area contributed by atoms with E-state index >= 15 is 0 Å². The second-order valence-electron chi connectivity index (χ2n) is 5.35. The molecule has 0 aliphatic carbocycles. The van der Waals surface area contributed by atoms with Gasteiger partial charge >= 0.3 is 0 Å².